The number of nitrogens with zero attached hydrogens (tertiary/aromatic N) is 2. The van der Waals surface area contributed by atoms with Gasteiger partial charge in [-0.15, -0.1) is 11.3 Å². The number of thiophene rings is 1. The van der Waals surface area contributed by atoms with Crippen LogP contribution in [0.1, 0.15) is 34.5 Å². The largest absolute Gasteiger partial charge is 0.491 e. The van der Waals surface area contributed by atoms with Gasteiger partial charge < -0.3 is 19.5 Å². The SMILES string of the molecule is CCN(CC(=O)N1CCc2sccc2C1COc1ccccc1C)CC(O)COCc1ccccc1. The lowest BCUT2D eigenvalue weighted by Crippen LogP contribution is -2.48. The average Bonchev–Trinajstić information content (AvgIpc) is 3.37. The molecule has 0 saturated carbocycles. The second-order valence-electron chi connectivity index (χ2n) is 9.21. The van der Waals surface area contributed by atoms with Crippen LogP contribution in [0, 0.1) is 6.92 Å². The number of hydrogen-bond donors (Lipinski definition) is 1. The number of fused-ring (bicyclic) bond motifs is 1. The van der Waals surface area contributed by atoms with Gasteiger partial charge in [-0.3, -0.25) is 9.69 Å². The van der Waals surface area contributed by atoms with Crippen molar-refractivity contribution in [3.05, 3.63) is 87.6 Å². The highest BCUT2D eigenvalue weighted by Gasteiger charge is 2.33. The number of likely N-dealkylation sites (N-methyl/N-ethyl adjacent to an activating group) is 1. The van der Waals surface area contributed by atoms with E-state index in [1.165, 1.54) is 10.4 Å². The molecule has 4 rings (SSSR count). The minimum Gasteiger partial charge on any atom is -0.491 e. The number of benzene rings is 2. The predicted octanol–water partition coefficient (Wildman–Crippen LogP) is 4.46. The predicted molar refractivity (Wildman–Crippen MR) is 143 cm³/mol. The molecule has 0 radical (unpaired) electrons. The number of aliphatic hydroxyl groups is 1. The smallest absolute Gasteiger partial charge is 0.237 e. The molecule has 192 valence electrons. The quantitative estimate of drug-likeness (QED) is 0.391. The van der Waals surface area contributed by atoms with Crippen LogP contribution in [0.15, 0.2) is 66.0 Å². The molecule has 36 heavy (non-hydrogen) atoms. The Bertz CT molecular complexity index is 1100. The van der Waals surface area contributed by atoms with Crippen LogP contribution in [-0.4, -0.2) is 66.3 Å². The minimum atomic E-state index is -0.661. The van der Waals surface area contributed by atoms with Crippen molar-refractivity contribution >= 4 is 17.2 Å². The van der Waals surface area contributed by atoms with Crippen LogP contribution in [0.3, 0.4) is 0 Å². The fraction of sp³-hybridized carbons (Fsp3) is 0.414. The standard InChI is InChI=1S/C29H36N2O4S/c1-3-30(17-24(32)20-34-19-23-10-5-4-6-11-23)18-29(33)31-15-13-28-25(14-16-36-28)26(31)21-35-27-12-8-7-9-22(27)2/h4-12,14,16,24,26,32H,3,13,15,17-21H2,1-2H3. The van der Waals surface area contributed by atoms with Crippen LogP contribution < -0.4 is 4.74 Å². The molecule has 0 spiro atoms. The summed E-state index contributed by atoms with van der Waals surface area (Å²) in [5, 5.41) is 12.6. The van der Waals surface area contributed by atoms with Gasteiger partial charge in [0.1, 0.15) is 12.4 Å². The zero-order valence-electron chi connectivity index (χ0n) is 21.1. The highest BCUT2D eigenvalue weighted by molar-refractivity contribution is 7.10. The fourth-order valence-electron chi connectivity index (χ4n) is 4.59. The number of carbonyl (C=O) groups is 1. The summed E-state index contributed by atoms with van der Waals surface area (Å²) in [5.74, 6) is 0.908. The summed E-state index contributed by atoms with van der Waals surface area (Å²) in [4.78, 5) is 18.8. The molecule has 2 aromatic carbocycles. The molecule has 2 heterocycles. The molecule has 0 saturated heterocycles. The fourth-order valence-corrected chi connectivity index (χ4v) is 5.52. The molecular weight excluding hydrogens is 472 g/mol. The van der Waals surface area contributed by atoms with Gasteiger partial charge in [-0.25, -0.2) is 0 Å². The second-order valence-corrected chi connectivity index (χ2v) is 10.2. The lowest BCUT2D eigenvalue weighted by molar-refractivity contribution is -0.136. The zero-order valence-corrected chi connectivity index (χ0v) is 22.0. The Morgan fingerprint density at radius 3 is 2.72 bits per heavy atom. The topological polar surface area (TPSA) is 62.2 Å². The molecular formula is C29H36N2O4S. The van der Waals surface area contributed by atoms with E-state index in [4.69, 9.17) is 9.47 Å². The highest BCUT2D eigenvalue weighted by atomic mass is 32.1. The lowest BCUT2D eigenvalue weighted by atomic mass is 10.0. The number of amides is 1. The Labute approximate surface area is 218 Å². The summed E-state index contributed by atoms with van der Waals surface area (Å²) in [6.07, 6.45) is 0.202. The summed E-state index contributed by atoms with van der Waals surface area (Å²) in [6, 6.07) is 19.9. The first-order valence-electron chi connectivity index (χ1n) is 12.6. The van der Waals surface area contributed by atoms with E-state index < -0.39 is 6.10 Å². The maximum Gasteiger partial charge on any atom is 0.237 e. The second kappa shape index (κ2) is 13.0. The molecule has 1 amide bonds. The molecule has 1 aromatic heterocycles. The molecule has 2 unspecified atom stereocenters. The minimum absolute atomic E-state index is 0.0597. The third-order valence-electron chi connectivity index (χ3n) is 6.60. The summed E-state index contributed by atoms with van der Waals surface area (Å²) in [6.45, 7) is 7.14. The van der Waals surface area contributed by atoms with E-state index >= 15 is 0 Å². The van der Waals surface area contributed by atoms with E-state index in [2.05, 4.69) is 11.4 Å². The van der Waals surface area contributed by atoms with Gasteiger partial charge in [0, 0.05) is 18.0 Å². The third-order valence-corrected chi connectivity index (χ3v) is 7.60. The van der Waals surface area contributed by atoms with Crippen LogP contribution in [0.25, 0.3) is 0 Å². The van der Waals surface area contributed by atoms with E-state index in [9.17, 15) is 9.90 Å². The van der Waals surface area contributed by atoms with E-state index in [1.54, 1.807) is 11.3 Å². The number of aryl methyl sites for hydroxylation is 1. The van der Waals surface area contributed by atoms with Gasteiger partial charge in [0.05, 0.1) is 31.9 Å². The van der Waals surface area contributed by atoms with Crippen molar-refractivity contribution < 1.29 is 19.4 Å². The first-order valence-corrected chi connectivity index (χ1v) is 13.5. The molecule has 0 fully saturated rings. The molecule has 3 aromatic rings. The molecule has 7 heteroatoms. The Morgan fingerprint density at radius 1 is 1.17 bits per heavy atom. The summed E-state index contributed by atoms with van der Waals surface area (Å²) >= 11 is 1.75. The zero-order chi connectivity index (χ0) is 25.3. The van der Waals surface area contributed by atoms with Gasteiger partial charge in [0.2, 0.25) is 5.91 Å². The Balaban J connectivity index is 1.34. The number of rotatable bonds is 12. The molecule has 0 bridgehead atoms. The van der Waals surface area contributed by atoms with Crippen LogP contribution in [-0.2, 0) is 22.6 Å². The maximum absolute atomic E-state index is 13.5. The molecule has 1 N–H and O–H groups in total. The summed E-state index contributed by atoms with van der Waals surface area (Å²) < 4.78 is 11.9. The maximum atomic E-state index is 13.5. The Morgan fingerprint density at radius 2 is 1.94 bits per heavy atom. The van der Waals surface area contributed by atoms with Crippen molar-refractivity contribution in [2.45, 2.75) is 39.0 Å². The van der Waals surface area contributed by atoms with Gasteiger partial charge in [0.25, 0.3) is 0 Å². The van der Waals surface area contributed by atoms with Gasteiger partial charge >= 0.3 is 0 Å². The molecule has 1 aliphatic rings. The van der Waals surface area contributed by atoms with Crippen molar-refractivity contribution in [1.82, 2.24) is 9.80 Å². The first-order chi connectivity index (χ1) is 17.5. The van der Waals surface area contributed by atoms with Crippen molar-refractivity contribution in [1.29, 1.82) is 0 Å². The van der Waals surface area contributed by atoms with E-state index in [0.717, 1.165) is 23.3 Å². The normalized spacial score (nSPS) is 16.1. The van der Waals surface area contributed by atoms with E-state index in [0.29, 0.717) is 32.8 Å². The molecule has 1 aliphatic heterocycles. The Hall–Kier alpha value is -2.71. The number of ether oxygens (including phenoxy) is 2. The van der Waals surface area contributed by atoms with E-state index in [1.807, 2.05) is 78.2 Å². The van der Waals surface area contributed by atoms with E-state index in [-0.39, 0.29) is 25.1 Å². The number of aliphatic hydroxyl groups excluding tert-OH is 1. The van der Waals surface area contributed by atoms with Crippen LogP contribution in [0.4, 0.5) is 0 Å². The first kappa shape index (κ1) is 26.4. The third kappa shape index (κ3) is 6.95. The van der Waals surface area contributed by atoms with Crippen molar-refractivity contribution in [2.75, 3.05) is 39.4 Å². The van der Waals surface area contributed by atoms with Gasteiger partial charge in [-0.05, 0) is 54.1 Å². The lowest BCUT2D eigenvalue weighted by Gasteiger charge is -2.37. The molecule has 0 aliphatic carbocycles. The number of hydrogen-bond acceptors (Lipinski definition) is 6. The molecule has 2 atom stereocenters. The van der Waals surface area contributed by atoms with Crippen LogP contribution >= 0.6 is 11.3 Å². The van der Waals surface area contributed by atoms with Gasteiger partial charge in [-0.1, -0.05) is 55.5 Å². The van der Waals surface area contributed by atoms with Crippen LogP contribution in [0.5, 0.6) is 5.75 Å². The number of para-hydroxylation sites is 1. The van der Waals surface area contributed by atoms with Gasteiger partial charge in [0.15, 0.2) is 0 Å². The summed E-state index contributed by atoms with van der Waals surface area (Å²) in [7, 11) is 0. The average molecular weight is 509 g/mol. The van der Waals surface area contributed by atoms with Gasteiger partial charge in [-0.2, -0.15) is 0 Å². The number of carbonyl (C=O) groups excluding carboxylic acids is 1. The summed E-state index contributed by atoms with van der Waals surface area (Å²) in [5.41, 5.74) is 3.34. The highest BCUT2D eigenvalue weighted by Crippen LogP contribution is 2.34. The van der Waals surface area contributed by atoms with Crippen molar-refractivity contribution in [3.8, 4) is 5.75 Å². The van der Waals surface area contributed by atoms with Crippen molar-refractivity contribution in [2.24, 2.45) is 0 Å². The van der Waals surface area contributed by atoms with Crippen LogP contribution in [0.2, 0.25) is 0 Å². The monoisotopic (exact) mass is 508 g/mol. The molecule has 6 nitrogen and oxygen atoms in total. The van der Waals surface area contributed by atoms with Crippen molar-refractivity contribution in [3.63, 3.8) is 0 Å². The Kier molecular flexibility index (Phi) is 9.53.